The molecule has 1 aromatic rings. The number of halogens is 1. The first-order valence-electron chi connectivity index (χ1n) is 6.40. The lowest BCUT2D eigenvalue weighted by Gasteiger charge is -2.28. The van der Waals surface area contributed by atoms with E-state index in [1.54, 1.807) is 18.2 Å². The fraction of sp³-hybridized carbons (Fsp3) is 0.429. The van der Waals surface area contributed by atoms with Crippen molar-refractivity contribution in [2.45, 2.75) is 31.7 Å². The highest BCUT2D eigenvalue weighted by Gasteiger charge is 2.27. The van der Waals surface area contributed by atoms with Gasteiger partial charge in [0.15, 0.2) is 0 Å². The van der Waals surface area contributed by atoms with Crippen molar-refractivity contribution in [1.82, 2.24) is 4.90 Å². The van der Waals surface area contributed by atoms with Gasteiger partial charge in [0, 0.05) is 25.4 Å². The average molecular weight is 264 g/mol. The topological polar surface area (TPSA) is 63.4 Å². The number of aryl methyl sites for hydroxylation is 1. The van der Waals surface area contributed by atoms with Crippen LogP contribution < -0.4 is 5.73 Å². The summed E-state index contributed by atoms with van der Waals surface area (Å²) in [4.78, 5) is 24.9. The van der Waals surface area contributed by atoms with Gasteiger partial charge in [-0.1, -0.05) is 18.2 Å². The molecule has 1 unspecified atom stereocenters. The van der Waals surface area contributed by atoms with Gasteiger partial charge in [-0.3, -0.25) is 14.5 Å². The molecule has 2 amide bonds. The van der Waals surface area contributed by atoms with Crippen LogP contribution in [0.25, 0.3) is 0 Å². The van der Waals surface area contributed by atoms with Crippen molar-refractivity contribution in [1.29, 1.82) is 0 Å². The van der Waals surface area contributed by atoms with Gasteiger partial charge in [-0.05, 0) is 24.5 Å². The molecule has 1 aromatic carbocycles. The van der Waals surface area contributed by atoms with Crippen LogP contribution in [0.5, 0.6) is 0 Å². The molecule has 5 heteroatoms. The van der Waals surface area contributed by atoms with Gasteiger partial charge >= 0.3 is 0 Å². The molecule has 1 saturated heterocycles. The van der Waals surface area contributed by atoms with Crippen LogP contribution in [0.4, 0.5) is 4.39 Å². The van der Waals surface area contributed by atoms with E-state index in [0.717, 1.165) is 0 Å². The fourth-order valence-electron chi connectivity index (χ4n) is 2.20. The van der Waals surface area contributed by atoms with Crippen molar-refractivity contribution in [3.63, 3.8) is 0 Å². The number of nitrogens with zero attached hydrogens (tertiary/aromatic N) is 1. The monoisotopic (exact) mass is 264 g/mol. The maximum absolute atomic E-state index is 13.4. The van der Waals surface area contributed by atoms with Crippen molar-refractivity contribution >= 4 is 11.8 Å². The zero-order valence-corrected chi connectivity index (χ0v) is 10.6. The minimum Gasteiger partial charge on any atom is -0.327 e. The molecular formula is C14H17FN2O2. The molecule has 102 valence electrons. The summed E-state index contributed by atoms with van der Waals surface area (Å²) in [5.41, 5.74) is 6.16. The average Bonchev–Trinajstić information content (AvgIpc) is 2.37. The summed E-state index contributed by atoms with van der Waals surface area (Å²) < 4.78 is 13.4. The largest absolute Gasteiger partial charge is 0.327 e. The van der Waals surface area contributed by atoms with Gasteiger partial charge in [-0.25, -0.2) is 4.39 Å². The Hall–Kier alpha value is -1.75. The van der Waals surface area contributed by atoms with Crippen LogP contribution in [-0.4, -0.2) is 29.3 Å². The molecule has 1 aliphatic heterocycles. The number of carbonyl (C=O) groups is 2. The van der Waals surface area contributed by atoms with Crippen LogP contribution >= 0.6 is 0 Å². The number of benzene rings is 1. The Bertz CT molecular complexity index is 490. The number of imide groups is 1. The van der Waals surface area contributed by atoms with Crippen LogP contribution in [0.15, 0.2) is 24.3 Å². The molecule has 0 aliphatic carbocycles. The van der Waals surface area contributed by atoms with Crippen molar-refractivity contribution in [3.8, 4) is 0 Å². The summed E-state index contributed by atoms with van der Waals surface area (Å²) in [6.07, 6.45) is 1.30. The molecule has 0 radical (unpaired) electrons. The fourth-order valence-corrected chi connectivity index (χ4v) is 2.20. The van der Waals surface area contributed by atoms with Gasteiger partial charge in [0.05, 0.1) is 0 Å². The summed E-state index contributed by atoms with van der Waals surface area (Å²) in [6.45, 7) is 0.371. The standard InChI is InChI=1S/C14H17FN2O2/c15-12-4-2-1-3-10(12)5-6-13(18)17-8-7-11(16)9-14(17)19/h1-4,11H,5-9,16H2. The maximum Gasteiger partial charge on any atom is 0.230 e. The number of amides is 2. The van der Waals surface area contributed by atoms with Crippen molar-refractivity contribution < 1.29 is 14.0 Å². The normalized spacial score (nSPS) is 19.6. The third-order valence-corrected chi connectivity index (χ3v) is 3.33. The highest BCUT2D eigenvalue weighted by molar-refractivity contribution is 5.96. The van der Waals surface area contributed by atoms with Crippen LogP contribution in [-0.2, 0) is 16.0 Å². The zero-order chi connectivity index (χ0) is 13.8. The highest BCUT2D eigenvalue weighted by atomic mass is 19.1. The van der Waals surface area contributed by atoms with Gasteiger partial charge in [0.25, 0.3) is 0 Å². The van der Waals surface area contributed by atoms with Crippen molar-refractivity contribution in [2.24, 2.45) is 5.73 Å². The molecule has 0 aromatic heterocycles. The van der Waals surface area contributed by atoms with Gasteiger partial charge in [-0.15, -0.1) is 0 Å². The van der Waals surface area contributed by atoms with E-state index in [1.165, 1.54) is 11.0 Å². The Morgan fingerprint density at radius 2 is 2.16 bits per heavy atom. The third kappa shape index (κ3) is 3.38. The number of carbonyl (C=O) groups excluding carboxylic acids is 2. The molecule has 1 fully saturated rings. The third-order valence-electron chi connectivity index (χ3n) is 3.33. The Labute approximate surface area is 111 Å². The second-order valence-corrected chi connectivity index (χ2v) is 4.78. The van der Waals surface area contributed by atoms with Crippen molar-refractivity contribution in [3.05, 3.63) is 35.6 Å². The van der Waals surface area contributed by atoms with Crippen LogP contribution in [0.2, 0.25) is 0 Å². The van der Waals surface area contributed by atoms with E-state index in [1.807, 2.05) is 0 Å². The van der Waals surface area contributed by atoms with E-state index in [9.17, 15) is 14.0 Å². The Morgan fingerprint density at radius 3 is 2.84 bits per heavy atom. The van der Waals surface area contributed by atoms with E-state index in [2.05, 4.69) is 0 Å². The maximum atomic E-state index is 13.4. The molecule has 19 heavy (non-hydrogen) atoms. The Balaban J connectivity index is 1.91. The number of piperidine rings is 1. The number of rotatable bonds is 3. The summed E-state index contributed by atoms with van der Waals surface area (Å²) in [5.74, 6) is -0.792. The van der Waals surface area contributed by atoms with E-state index in [4.69, 9.17) is 5.73 Å². The Kier molecular flexibility index (Phi) is 4.27. The minimum absolute atomic E-state index is 0.141. The second-order valence-electron chi connectivity index (χ2n) is 4.78. The molecule has 2 N–H and O–H groups in total. The Morgan fingerprint density at radius 1 is 1.42 bits per heavy atom. The number of nitrogens with two attached hydrogens (primary N) is 1. The van der Waals surface area contributed by atoms with Crippen LogP contribution in [0.3, 0.4) is 0 Å². The molecule has 2 rings (SSSR count). The van der Waals surface area contributed by atoms with Gasteiger partial charge < -0.3 is 5.73 Å². The number of hydrogen-bond acceptors (Lipinski definition) is 3. The molecule has 1 heterocycles. The smallest absolute Gasteiger partial charge is 0.230 e. The summed E-state index contributed by atoms with van der Waals surface area (Å²) in [6, 6.07) is 6.20. The molecule has 0 spiro atoms. The first-order chi connectivity index (χ1) is 9.08. The lowest BCUT2D eigenvalue weighted by molar-refractivity contribution is -0.146. The lowest BCUT2D eigenvalue weighted by atomic mass is 10.0. The van der Waals surface area contributed by atoms with Crippen LogP contribution in [0, 0.1) is 5.82 Å². The molecule has 0 saturated carbocycles. The first kappa shape index (κ1) is 13.7. The molecule has 1 atom stereocenters. The van der Waals surface area contributed by atoms with E-state index in [0.29, 0.717) is 24.9 Å². The zero-order valence-electron chi connectivity index (χ0n) is 10.6. The SMILES string of the molecule is NC1CCN(C(=O)CCc2ccccc2F)C(=O)C1. The first-order valence-corrected chi connectivity index (χ1v) is 6.40. The van der Waals surface area contributed by atoms with Gasteiger partial charge in [0.1, 0.15) is 5.82 Å². The molecular weight excluding hydrogens is 247 g/mol. The predicted molar refractivity (Wildman–Crippen MR) is 68.7 cm³/mol. The molecule has 4 nitrogen and oxygen atoms in total. The molecule has 0 bridgehead atoms. The molecule has 1 aliphatic rings. The summed E-state index contributed by atoms with van der Waals surface area (Å²) in [7, 11) is 0. The van der Waals surface area contributed by atoms with Gasteiger partial charge in [0.2, 0.25) is 11.8 Å². The van der Waals surface area contributed by atoms with Gasteiger partial charge in [-0.2, -0.15) is 0 Å². The number of likely N-dealkylation sites (tertiary alicyclic amines) is 1. The minimum atomic E-state index is -0.317. The van der Waals surface area contributed by atoms with E-state index in [-0.39, 0.29) is 36.5 Å². The predicted octanol–water partition coefficient (Wildman–Crippen LogP) is 1.23. The van der Waals surface area contributed by atoms with Crippen molar-refractivity contribution in [2.75, 3.05) is 6.54 Å². The van der Waals surface area contributed by atoms with E-state index >= 15 is 0 Å². The quantitative estimate of drug-likeness (QED) is 0.893. The summed E-state index contributed by atoms with van der Waals surface area (Å²) in [5, 5.41) is 0. The summed E-state index contributed by atoms with van der Waals surface area (Å²) >= 11 is 0. The highest BCUT2D eigenvalue weighted by Crippen LogP contribution is 2.14. The van der Waals surface area contributed by atoms with Crippen LogP contribution in [0.1, 0.15) is 24.8 Å². The second kappa shape index (κ2) is 5.93. The lowest BCUT2D eigenvalue weighted by Crippen LogP contribution is -2.46. The van der Waals surface area contributed by atoms with E-state index < -0.39 is 0 Å². The number of hydrogen-bond donors (Lipinski definition) is 1.